The van der Waals surface area contributed by atoms with Gasteiger partial charge in [-0.05, 0) is 43.4 Å². The second-order valence-corrected chi connectivity index (χ2v) is 4.30. The first-order valence-electron chi connectivity index (χ1n) is 5.11. The van der Waals surface area contributed by atoms with E-state index in [0.29, 0.717) is 5.92 Å². The molecule has 0 unspecified atom stereocenters. The summed E-state index contributed by atoms with van der Waals surface area (Å²) < 4.78 is 0. The summed E-state index contributed by atoms with van der Waals surface area (Å²) in [5.41, 5.74) is 3.39. The molecule has 0 saturated carbocycles. The first kappa shape index (κ1) is 11.0. The minimum absolute atomic E-state index is 0.143. The Bertz CT molecular complexity index is 337. The Kier molecular flexibility index (Phi) is 3.45. The number of ketones is 1. The normalized spacial score (nSPS) is 10.6. The van der Waals surface area contributed by atoms with Crippen LogP contribution in [0, 0.1) is 12.8 Å². The van der Waals surface area contributed by atoms with Gasteiger partial charge >= 0.3 is 0 Å². The highest BCUT2D eigenvalue weighted by molar-refractivity contribution is 5.94. The molecule has 76 valence electrons. The van der Waals surface area contributed by atoms with E-state index in [9.17, 15) is 4.79 Å². The van der Waals surface area contributed by atoms with Crippen molar-refractivity contribution in [2.24, 2.45) is 5.92 Å². The molecular formula is C13H18O. The van der Waals surface area contributed by atoms with Crippen LogP contribution in [-0.2, 0) is 6.42 Å². The smallest absolute Gasteiger partial charge is 0.159 e. The molecule has 14 heavy (non-hydrogen) atoms. The highest BCUT2D eigenvalue weighted by Gasteiger charge is 2.04. The van der Waals surface area contributed by atoms with Gasteiger partial charge in [0.05, 0.1) is 0 Å². The summed E-state index contributed by atoms with van der Waals surface area (Å²) in [6.45, 7) is 8.09. The molecule has 0 amide bonds. The molecule has 0 fully saturated rings. The van der Waals surface area contributed by atoms with E-state index in [1.165, 1.54) is 11.1 Å². The molecule has 0 radical (unpaired) electrons. The Balaban J connectivity index is 2.95. The Hall–Kier alpha value is -1.11. The van der Waals surface area contributed by atoms with Gasteiger partial charge < -0.3 is 0 Å². The summed E-state index contributed by atoms with van der Waals surface area (Å²) >= 11 is 0. The molecule has 0 atom stereocenters. The lowest BCUT2D eigenvalue weighted by molar-refractivity contribution is 0.101. The summed E-state index contributed by atoms with van der Waals surface area (Å²) in [6.07, 6.45) is 1.09. The molecule has 0 aromatic heterocycles. The van der Waals surface area contributed by atoms with Gasteiger partial charge in [0.1, 0.15) is 0 Å². The van der Waals surface area contributed by atoms with Crippen molar-refractivity contribution in [3.05, 3.63) is 34.9 Å². The molecule has 0 spiro atoms. The van der Waals surface area contributed by atoms with E-state index in [1.54, 1.807) is 6.92 Å². The number of Topliss-reactive ketones (excluding diaryl/α,β-unsaturated/α-hetero) is 1. The average Bonchev–Trinajstić information content (AvgIpc) is 2.07. The molecule has 1 nitrogen and oxygen atoms in total. The topological polar surface area (TPSA) is 17.1 Å². The van der Waals surface area contributed by atoms with Crippen molar-refractivity contribution in [3.63, 3.8) is 0 Å². The average molecular weight is 190 g/mol. The van der Waals surface area contributed by atoms with Crippen molar-refractivity contribution >= 4 is 5.78 Å². The maximum atomic E-state index is 11.1. The van der Waals surface area contributed by atoms with E-state index >= 15 is 0 Å². The Morgan fingerprint density at radius 3 is 2.43 bits per heavy atom. The van der Waals surface area contributed by atoms with Crippen LogP contribution in [-0.4, -0.2) is 5.78 Å². The third kappa shape index (κ3) is 2.69. The molecular weight excluding hydrogens is 172 g/mol. The number of rotatable bonds is 3. The predicted molar refractivity (Wildman–Crippen MR) is 59.7 cm³/mol. The molecule has 0 aliphatic heterocycles. The van der Waals surface area contributed by atoms with Gasteiger partial charge in [-0.2, -0.15) is 0 Å². The van der Waals surface area contributed by atoms with Crippen LogP contribution in [0.25, 0.3) is 0 Å². The van der Waals surface area contributed by atoms with Crippen LogP contribution in [0.2, 0.25) is 0 Å². The third-order valence-corrected chi connectivity index (χ3v) is 2.38. The summed E-state index contributed by atoms with van der Waals surface area (Å²) in [6, 6.07) is 5.99. The van der Waals surface area contributed by atoms with Crippen molar-refractivity contribution in [3.8, 4) is 0 Å². The van der Waals surface area contributed by atoms with E-state index in [0.717, 1.165) is 12.0 Å². The van der Waals surface area contributed by atoms with Crippen LogP contribution >= 0.6 is 0 Å². The lowest BCUT2D eigenvalue weighted by atomic mass is 9.96. The second-order valence-electron chi connectivity index (χ2n) is 4.30. The fourth-order valence-corrected chi connectivity index (χ4v) is 1.58. The van der Waals surface area contributed by atoms with Crippen LogP contribution < -0.4 is 0 Å². The second kappa shape index (κ2) is 4.41. The SMILES string of the molecule is CC(=O)c1ccc(CC(C)C)c(C)c1. The van der Waals surface area contributed by atoms with Crippen LogP contribution in [0.15, 0.2) is 18.2 Å². The van der Waals surface area contributed by atoms with Crippen LogP contribution in [0.5, 0.6) is 0 Å². The van der Waals surface area contributed by atoms with Crippen LogP contribution in [0.1, 0.15) is 42.3 Å². The standard InChI is InChI=1S/C13H18O/c1-9(2)7-12-5-6-13(11(4)14)8-10(12)3/h5-6,8-9H,7H2,1-4H3. The zero-order valence-electron chi connectivity index (χ0n) is 9.42. The zero-order valence-corrected chi connectivity index (χ0v) is 9.42. The minimum atomic E-state index is 0.143. The largest absolute Gasteiger partial charge is 0.295 e. The highest BCUT2D eigenvalue weighted by atomic mass is 16.1. The molecule has 1 aromatic carbocycles. The van der Waals surface area contributed by atoms with E-state index in [4.69, 9.17) is 0 Å². The molecule has 0 saturated heterocycles. The molecule has 1 aromatic rings. The minimum Gasteiger partial charge on any atom is -0.295 e. The first-order chi connectivity index (χ1) is 6.50. The number of benzene rings is 1. The Morgan fingerprint density at radius 2 is 2.00 bits per heavy atom. The molecule has 0 aliphatic rings. The van der Waals surface area contributed by atoms with Crippen molar-refractivity contribution < 1.29 is 4.79 Å². The zero-order chi connectivity index (χ0) is 10.7. The Labute approximate surface area is 86.1 Å². The molecule has 1 rings (SSSR count). The number of aryl methyl sites for hydroxylation is 1. The number of hydrogen-bond acceptors (Lipinski definition) is 1. The first-order valence-corrected chi connectivity index (χ1v) is 5.11. The maximum Gasteiger partial charge on any atom is 0.159 e. The molecule has 0 heterocycles. The van der Waals surface area contributed by atoms with E-state index < -0.39 is 0 Å². The van der Waals surface area contributed by atoms with E-state index in [1.807, 2.05) is 12.1 Å². The van der Waals surface area contributed by atoms with Crippen molar-refractivity contribution in [2.75, 3.05) is 0 Å². The van der Waals surface area contributed by atoms with Gasteiger partial charge in [0.2, 0.25) is 0 Å². The van der Waals surface area contributed by atoms with Crippen molar-refractivity contribution in [1.29, 1.82) is 0 Å². The predicted octanol–water partition coefficient (Wildman–Crippen LogP) is 3.40. The van der Waals surface area contributed by atoms with Gasteiger partial charge in [0.25, 0.3) is 0 Å². The van der Waals surface area contributed by atoms with Crippen LogP contribution in [0.3, 0.4) is 0 Å². The van der Waals surface area contributed by atoms with Gasteiger partial charge in [0.15, 0.2) is 5.78 Å². The molecule has 0 aliphatic carbocycles. The van der Waals surface area contributed by atoms with Gasteiger partial charge in [-0.15, -0.1) is 0 Å². The quantitative estimate of drug-likeness (QED) is 0.668. The maximum absolute atomic E-state index is 11.1. The monoisotopic (exact) mass is 190 g/mol. The number of carbonyl (C=O) groups excluding carboxylic acids is 1. The lowest BCUT2D eigenvalue weighted by Gasteiger charge is -2.09. The highest BCUT2D eigenvalue weighted by Crippen LogP contribution is 2.15. The number of hydrogen-bond donors (Lipinski definition) is 0. The summed E-state index contributed by atoms with van der Waals surface area (Å²) in [5.74, 6) is 0.807. The van der Waals surface area contributed by atoms with Crippen LogP contribution in [0.4, 0.5) is 0 Å². The van der Waals surface area contributed by atoms with Crippen molar-refractivity contribution in [2.45, 2.75) is 34.1 Å². The Morgan fingerprint density at radius 1 is 1.36 bits per heavy atom. The summed E-state index contributed by atoms with van der Waals surface area (Å²) in [4.78, 5) is 11.1. The summed E-state index contributed by atoms with van der Waals surface area (Å²) in [5, 5.41) is 0. The molecule has 0 bridgehead atoms. The van der Waals surface area contributed by atoms with Gasteiger partial charge in [-0.25, -0.2) is 0 Å². The van der Waals surface area contributed by atoms with Crippen molar-refractivity contribution in [1.82, 2.24) is 0 Å². The van der Waals surface area contributed by atoms with Gasteiger partial charge in [0, 0.05) is 5.56 Å². The van der Waals surface area contributed by atoms with Gasteiger partial charge in [-0.3, -0.25) is 4.79 Å². The third-order valence-electron chi connectivity index (χ3n) is 2.38. The fraction of sp³-hybridized carbons (Fsp3) is 0.462. The molecule has 0 N–H and O–H groups in total. The summed E-state index contributed by atoms with van der Waals surface area (Å²) in [7, 11) is 0. The van der Waals surface area contributed by atoms with E-state index in [2.05, 4.69) is 26.8 Å². The fourth-order valence-electron chi connectivity index (χ4n) is 1.58. The molecule has 1 heteroatoms. The lowest BCUT2D eigenvalue weighted by Crippen LogP contribution is -1.99. The number of carbonyl (C=O) groups is 1. The van der Waals surface area contributed by atoms with Gasteiger partial charge in [-0.1, -0.05) is 26.0 Å². The van der Waals surface area contributed by atoms with E-state index in [-0.39, 0.29) is 5.78 Å².